The summed E-state index contributed by atoms with van der Waals surface area (Å²) >= 11 is 0. The van der Waals surface area contributed by atoms with Gasteiger partial charge in [0.05, 0.1) is 0 Å². The van der Waals surface area contributed by atoms with Crippen LogP contribution in [-0.4, -0.2) is 5.60 Å². The van der Waals surface area contributed by atoms with Crippen molar-refractivity contribution in [2.24, 2.45) is 0 Å². The maximum absolute atomic E-state index is 13.4. The summed E-state index contributed by atoms with van der Waals surface area (Å²) in [5.41, 5.74) is 0.229. The van der Waals surface area contributed by atoms with E-state index in [0.717, 1.165) is 42.7 Å². The van der Waals surface area contributed by atoms with Gasteiger partial charge in [0.25, 0.3) is 0 Å². The van der Waals surface area contributed by atoms with E-state index in [1.54, 1.807) is 0 Å². The highest BCUT2D eigenvalue weighted by atomic mass is 16.5. The van der Waals surface area contributed by atoms with Crippen LogP contribution in [0.3, 0.4) is 0 Å². The van der Waals surface area contributed by atoms with Gasteiger partial charge in [-0.3, -0.25) is 0 Å². The van der Waals surface area contributed by atoms with Crippen molar-refractivity contribution in [1.82, 2.24) is 0 Å². The first-order valence-corrected chi connectivity index (χ1v) is 10.6. The van der Waals surface area contributed by atoms with Gasteiger partial charge in [-0.2, -0.15) is 0 Å². The van der Waals surface area contributed by atoms with Gasteiger partial charge in [0.1, 0.15) is 17.1 Å². The first-order chi connectivity index (χ1) is 13.1. The van der Waals surface area contributed by atoms with Gasteiger partial charge in [-0.1, -0.05) is 82.7 Å². The molecule has 0 amide bonds. The molecule has 2 aromatic carbocycles. The minimum atomic E-state index is -0.913. The molecule has 0 heterocycles. The summed E-state index contributed by atoms with van der Waals surface area (Å²) in [6.45, 7) is 6.29. The van der Waals surface area contributed by atoms with Crippen molar-refractivity contribution < 1.29 is 9.84 Å². The van der Waals surface area contributed by atoms with E-state index in [1.807, 2.05) is 49.4 Å². The molecule has 0 spiro atoms. The van der Waals surface area contributed by atoms with Crippen molar-refractivity contribution in [3.63, 3.8) is 0 Å². The first-order valence-electron chi connectivity index (χ1n) is 10.6. The number of hydrogen-bond acceptors (Lipinski definition) is 1. The van der Waals surface area contributed by atoms with Gasteiger partial charge in [-0.05, 0) is 49.6 Å². The van der Waals surface area contributed by atoms with Crippen LogP contribution < -0.4 is 4.74 Å². The summed E-state index contributed by atoms with van der Waals surface area (Å²) in [7, 11) is 0. The molecule has 0 aliphatic rings. The van der Waals surface area contributed by atoms with E-state index in [2.05, 4.69) is 26.0 Å². The maximum Gasteiger partial charge on any atom is 0.127 e. The first kappa shape index (κ1) is 21.5. The average Bonchev–Trinajstić information content (AvgIpc) is 2.67. The van der Waals surface area contributed by atoms with Crippen LogP contribution in [-0.2, 0) is 5.11 Å². The Morgan fingerprint density at radius 3 is 2.07 bits per heavy atom. The fourth-order valence-corrected chi connectivity index (χ4v) is 3.76. The molecular weight excluding hydrogens is 332 g/mol. The van der Waals surface area contributed by atoms with Crippen LogP contribution >= 0.6 is 0 Å². The molecule has 147 valence electrons. The van der Waals surface area contributed by atoms with Crippen LogP contribution in [0.25, 0.3) is 0 Å². The zero-order valence-electron chi connectivity index (χ0n) is 17.2. The number of hydrogen-bond donors (Lipinski definition) is 0. The Balaban J connectivity index is 2.01. The van der Waals surface area contributed by atoms with Crippen LogP contribution in [0, 0.1) is 0 Å². The number of ether oxygens (including phenoxy) is 1. The van der Waals surface area contributed by atoms with Gasteiger partial charge in [0, 0.05) is 5.92 Å². The van der Waals surface area contributed by atoms with Crippen LogP contribution in [0.15, 0.2) is 54.6 Å². The summed E-state index contributed by atoms with van der Waals surface area (Å²) in [4.78, 5) is 0. The molecule has 27 heavy (non-hydrogen) atoms. The third-order valence-electron chi connectivity index (χ3n) is 5.35. The summed E-state index contributed by atoms with van der Waals surface area (Å²) < 4.78 is 5.88. The van der Waals surface area contributed by atoms with Crippen LogP contribution in [0.1, 0.15) is 83.6 Å². The molecule has 0 bridgehead atoms. The predicted molar refractivity (Wildman–Crippen MR) is 113 cm³/mol. The SMILES string of the molecule is CCCCCCCC(C)([O])C(CCC)c1ccc(Oc2ccccc2)cc1. The average molecular weight is 368 g/mol. The van der Waals surface area contributed by atoms with Gasteiger partial charge in [-0.25, -0.2) is 5.11 Å². The van der Waals surface area contributed by atoms with E-state index in [0.29, 0.717) is 0 Å². The third-order valence-corrected chi connectivity index (χ3v) is 5.35. The Kier molecular flexibility index (Phi) is 8.87. The summed E-state index contributed by atoms with van der Waals surface area (Å²) in [6, 6.07) is 17.9. The second-order valence-electron chi connectivity index (χ2n) is 7.80. The van der Waals surface area contributed by atoms with E-state index in [9.17, 15) is 5.11 Å². The van der Waals surface area contributed by atoms with Crippen molar-refractivity contribution in [2.45, 2.75) is 83.7 Å². The fraction of sp³-hybridized carbons (Fsp3) is 0.520. The lowest BCUT2D eigenvalue weighted by Crippen LogP contribution is -2.31. The van der Waals surface area contributed by atoms with Gasteiger partial charge in [0.15, 0.2) is 0 Å². The highest BCUT2D eigenvalue weighted by Crippen LogP contribution is 2.37. The third kappa shape index (κ3) is 7.03. The summed E-state index contributed by atoms with van der Waals surface area (Å²) in [5, 5.41) is 13.4. The Morgan fingerprint density at radius 1 is 0.815 bits per heavy atom. The Bertz CT molecular complexity index is 631. The maximum atomic E-state index is 13.4. The Hall–Kier alpha value is -1.80. The lowest BCUT2D eigenvalue weighted by atomic mass is 9.77. The minimum Gasteiger partial charge on any atom is -0.457 e. The molecular formula is C25H35O2. The van der Waals surface area contributed by atoms with Gasteiger partial charge >= 0.3 is 0 Å². The summed E-state index contributed by atoms with van der Waals surface area (Å²) in [6.07, 6.45) is 8.69. The quantitative estimate of drug-likeness (QED) is 0.350. The molecule has 0 aromatic heterocycles. The van der Waals surface area contributed by atoms with Crippen LogP contribution in [0.4, 0.5) is 0 Å². The fourth-order valence-electron chi connectivity index (χ4n) is 3.76. The molecule has 2 rings (SSSR count). The van der Waals surface area contributed by atoms with Gasteiger partial charge < -0.3 is 4.74 Å². The second kappa shape index (κ2) is 11.1. The molecule has 2 atom stereocenters. The van der Waals surface area contributed by atoms with E-state index < -0.39 is 5.60 Å². The molecule has 2 unspecified atom stereocenters. The second-order valence-corrected chi connectivity index (χ2v) is 7.80. The molecule has 0 N–H and O–H groups in total. The van der Waals surface area contributed by atoms with E-state index in [4.69, 9.17) is 4.74 Å². The van der Waals surface area contributed by atoms with Gasteiger partial charge in [-0.15, -0.1) is 0 Å². The largest absolute Gasteiger partial charge is 0.457 e. The van der Waals surface area contributed by atoms with Crippen LogP contribution in [0.2, 0.25) is 0 Å². The number of para-hydroxylation sites is 1. The molecule has 2 nitrogen and oxygen atoms in total. The molecule has 2 aromatic rings. The standard InChI is InChI=1S/C25H35O2/c1-4-6-7-8-12-20-25(3,26)24(13-5-2)21-16-18-23(19-17-21)27-22-14-10-9-11-15-22/h9-11,14-19,24H,4-8,12-13,20H2,1-3H3. The zero-order chi connectivity index (χ0) is 19.5. The molecule has 0 saturated carbocycles. The normalized spacial score (nSPS) is 14.5. The Labute approximate surface area is 165 Å². The van der Waals surface area contributed by atoms with Crippen molar-refractivity contribution in [1.29, 1.82) is 0 Å². The summed E-state index contributed by atoms with van der Waals surface area (Å²) in [5.74, 6) is 1.70. The van der Waals surface area contributed by atoms with E-state index in [1.165, 1.54) is 25.7 Å². The number of unbranched alkanes of at least 4 members (excludes halogenated alkanes) is 4. The smallest absolute Gasteiger partial charge is 0.127 e. The predicted octanol–water partition coefficient (Wildman–Crippen LogP) is 7.91. The van der Waals surface area contributed by atoms with Gasteiger partial charge in [0.2, 0.25) is 0 Å². The van der Waals surface area contributed by atoms with E-state index >= 15 is 0 Å². The molecule has 0 fully saturated rings. The van der Waals surface area contributed by atoms with Crippen LogP contribution in [0.5, 0.6) is 11.5 Å². The van der Waals surface area contributed by atoms with Crippen molar-refractivity contribution >= 4 is 0 Å². The van der Waals surface area contributed by atoms with Crippen molar-refractivity contribution in [2.75, 3.05) is 0 Å². The van der Waals surface area contributed by atoms with Crippen molar-refractivity contribution in [3.8, 4) is 11.5 Å². The zero-order valence-corrected chi connectivity index (χ0v) is 17.2. The lowest BCUT2D eigenvalue weighted by Gasteiger charge is -2.31. The van der Waals surface area contributed by atoms with E-state index in [-0.39, 0.29) is 5.92 Å². The monoisotopic (exact) mass is 367 g/mol. The molecule has 2 heteroatoms. The molecule has 0 aliphatic carbocycles. The highest BCUT2D eigenvalue weighted by Gasteiger charge is 2.33. The Morgan fingerprint density at radius 2 is 1.44 bits per heavy atom. The number of benzene rings is 2. The highest BCUT2D eigenvalue weighted by molar-refractivity contribution is 5.34. The number of rotatable bonds is 12. The van der Waals surface area contributed by atoms with Crippen molar-refractivity contribution in [3.05, 3.63) is 60.2 Å². The molecule has 0 saturated heterocycles. The molecule has 1 radical (unpaired) electrons. The lowest BCUT2D eigenvalue weighted by molar-refractivity contribution is -0.0479. The molecule has 0 aliphatic heterocycles. The topological polar surface area (TPSA) is 29.1 Å². The minimum absolute atomic E-state index is 0.0550.